The molecule has 1 atom stereocenters. The molecular weight excluding hydrogens is 383 g/mol. The first-order valence-corrected chi connectivity index (χ1v) is 8.59. The van der Waals surface area contributed by atoms with E-state index in [1.165, 1.54) is 24.3 Å². The molecule has 2 aromatic rings. The number of ether oxygens (including phenoxy) is 3. The van der Waals surface area contributed by atoms with E-state index in [4.69, 9.17) is 14.2 Å². The Balaban J connectivity index is 1.39. The third kappa shape index (κ3) is 5.55. The van der Waals surface area contributed by atoms with Gasteiger partial charge in [0.25, 0.3) is 11.8 Å². The van der Waals surface area contributed by atoms with E-state index in [1.54, 1.807) is 30.3 Å². The highest BCUT2D eigenvalue weighted by Gasteiger charge is 2.27. The average molecular weight is 400 g/mol. The van der Waals surface area contributed by atoms with Crippen molar-refractivity contribution in [3.05, 3.63) is 66.0 Å². The molecule has 0 aliphatic carbocycles. The normalized spacial score (nSPS) is 14.9. The number of benzene rings is 2. The predicted molar refractivity (Wildman–Crippen MR) is 99.0 cm³/mol. The van der Waals surface area contributed by atoms with E-state index in [-0.39, 0.29) is 12.2 Å². The van der Waals surface area contributed by atoms with Crippen molar-refractivity contribution in [3.63, 3.8) is 0 Å². The molecule has 1 aliphatic rings. The van der Waals surface area contributed by atoms with Gasteiger partial charge in [-0.05, 0) is 24.3 Å². The molecule has 1 aliphatic heterocycles. The molecule has 8 nitrogen and oxygen atoms in total. The van der Waals surface area contributed by atoms with E-state index in [1.807, 2.05) is 0 Å². The molecule has 2 N–H and O–H groups in total. The Hall–Kier alpha value is -3.88. The summed E-state index contributed by atoms with van der Waals surface area (Å²) in [6.45, 7) is -0.653. The minimum atomic E-state index is -0.948. The topological polar surface area (TPSA) is 103 Å². The minimum Gasteiger partial charge on any atom is -0.485 e. The zero-order chi connectivity index (χ0) is 20.6. The molecule has 2 amide bonds. The maximum Gasteiger partial charge on any atom is 0.331 e. The van der Waals surface area contributed by atoms with Crippen LogP contribution in [0, 0.1) is 5.82 Å². The van der Waals surface area contributed by atoms with E-state index < -0.39 is 36.3 Å². The van der Waals surface area contributed by atoms with E-state index in [9.17, 15) is 18.8 Å². The van der Waals surface area contributed by atoms with Gasteiger partial charge in [-0.1, -0.05) is 30.3 Å². The zero-order valence-electron chi connectivity index (χ0n) is 15.1. The Morgan fingerprint density at radius 2 is 1.79 bits per heavy atom. The molecule has 0 radical (unpaired) electrons. The first-order valence-electron chi connectivity index (χ1n) is 8.59. The van der Waals surface area contributed by atoms with Gasteiger partial charge in [-0.2, -0.15) is 0 Å². The number of nitrogens with one attached hydrogen (secondary N) is 2. The fourth-order valence-corrected chi connectivity index (χ4v) is 2.35. The molecule has 29 heavy (non-hydrogen) atoms. The smallest absolute Gasteiger partial charge is 0.331 e. The lowest BCUT2D eigenvalue weighted by molar-refractivity contribution is -0.145. The van der Waals surface area contributed by atoms with E-state index in [0.29, 0.717) is 11.5 Å². The van der Waals surface area contributed by atoms with Gasteiger partial charge in [0.15, 0.2) is 18.1 Å². The number of fused-ring (bicyclic) bond motifs is 1. The van der Waals surface area contributed by atoms with E-state index >= 15 is 0 Å². The molecule has 9 heteroatoms. The second kappa shape index (κ2) is 9.36. The third-order valence-electron chi connectivity index (χ3n) is 3.78. The number of rotatable bonds is 5. The number of carbonyl (C=O) groups excluding carboxylic acids is 3. The van der Waals surface area contributed by atoms with Crippen molar-refractivity contribution in [1.29, 1.82) is 0 Å². The van der Waals surface area contributed by atoms with Gasteiger partial charge in [0.2, 0.25) is 6.10 Å². The van der Waals surface area contributed by atoms with Gasteiger partial charge in [-0.25, -0.2) is 9.18 Å². The van der Waals surface area contributed by atoms with Gasteiger partial charge in [0, 0.05) is 11.6 Å². The van der Waals surface area contributed by atoms with Crippen LogP contribution in [0.3, 0.4) is 0 Å². The summed E-state index contributed by atoms with van der Waals surface area (Å²) >= 11 is 0. The number of hydrazine groups is 1. The maximum atomic E-state index is 13.4. The molecule has 0 bridgehead atoms. The summed E-state index contributed by atoms with van der Waals surface area (Å²) in [4.78, 5) is 35.4. The van der Waals surface area contributed by atoms with Crippen LogP contribution in [0.25, 0.3) is 6.08 Å². The van der Waals surface area contributed by atoms with Crippen LogP contribution in [0.15, 0.2) is 54.6 Å². The Morgan fingerprint density at radius 1 is 1.07 bits per heavy atom. The Kier molecular flexibility index (Phi) is 6.41. The number of esters is 1. The van der Waals surface area contributed by atoms with Crippen molar-refractivity contribution in [3.8, 4) is 11.5 Å². The fraction of sp³-hybridized carbons (Fsp3) is 0.150. The SMILES string of the molecule is O=C(COC(=O)/C=C/c1ccccc1F)NNC(=O)[C@@H]1COc2ccccc2O1. The molecule has 1 heterocycles. The van der Waals surface area contributed by atoms with Crippen molar-refractivity contribution < 1.29 is 33.0 Å². The monoisotopic (exact) mass is 400 g/mol. The highest BCUT2D eigenvalue weighted by molar-refractivity contribution is 5.90. The third-order valence-corrected chi connectivity index (χ3v) is 3.78. The predicted octanol–water partition coefficient (Wildman–Crippen LogP) is 1.37. The number of halogens is 1. The molecule has 2 aromatic carbocycles. The van der Waals surface area contributed by atoms with Gasteiger partial charge < -0.3 is 14.2 Å². The van der Waals surface area contributed by atoms with Crippen molar-refractivity contribution in [2.75, 3.05) is 13.2 Å². The van der Waals surface area contributed by atoms with Crippen molar-refractivity contribution in [2.24, 2.45) is 0 Å². The molecule has 3 rings (SSSR count). The van der Waals surface area contributed by atoms with E-state index in [0.717, 1.165) is 6.08 Å². The summed E-state index contributed by atoms with van der Waals surface area (Å²) < 4.78 is 29.1. The van der Waals surface area contributed by atoms with Gasteiger partial charge in [0.1, 0.15) is 12.4 Å². The van der Waals surface area contributed by atoms with Crippen molar-refractivity contribution in [1.82, 2.24) is 10.9 Å². The summed E-state index contributed by atoms with van der Waals surface area (Å²) in [5, 5.41) is 0. The van der Waals surface area contributed by atoms with E-state index in [2.05, 4.69) is 10.9 Å². The van der Waals surface area contributed by atoms with Gasteiger partial charge >= 0.3 is 5.97 Å². The van der Waals surface area contributed by atoms with Crippen LogP contribution in [0.5, 0.6) is 11.5 Å². The van der Waals surface area contributed by atoms with Crippen molar-refractivity contribution in [2.45, 2.75) is 6.10 Å². The summed E-state index contributed by atoms with van der Waals surface area (Å²) in [7, 11) is 0. The largest absolute Gasteiger partial charge is 0.485 e. The van der Waals surface area contributed by atoms with Crippen LogP contribution in [-0.4, -0.2) is 37.1 Å². The number of carbonyl (C=O) groups is 3. The molecule has 0 saturated carbocycles. The molecule has 0 aromatic heterocycles. The lowest BCUT2D eigenvalue weighted by Gasteiger charge is -2.25. The molecule has 0 fully saturated rings. The molecular formula is C20H17FN2O6. The summed E-state index contributed by atoms with van der Waals surface area (Å²) in [6, 6.07) is 12.7. The number of para-hydroxylation sites is 2. The van der Waals surface area contributed by atoms with Crippen LogP contribution in [0.2, 0.25) is 0 Å². The second-order valence-electron chi connectivity index (χ2n) is 5.86. The average Bonchev–Trinajstić information content (AvgIpc) is 2.75. The number of hydrogen-bond acceptors (Lipinski definition) is 6. The van der Waals surface area contributed by atoms with Crippen molar-refractivity contribution >= 4 is 23.9 Å². The maximum absolute atomic E-state index is 13.4. The summed E-state index contributed by atoms with van der Waals surface area (Å²) in [5.41, 5.74) is 4.48. The first kappa shape index (κ1) is 19.9. The number of hydrogen-bond donors (Lipinski definition) is 2. The van der Waals surface area contributed by atoms with Gasteiger partial charge in [-0.3, -0.25) is 20.4 Å². The molecule has 150 valence electrons. The highest BCUT2D eigenvalue weighted by atomic mass is 19.1. The lowest BCUT2D eigenvalue weighted by Crippen LogP contribution is -2.51. The van der Waals surface area contributed by atoms with Crippen LogP contribution < -0.4 is 20.3 Å². The summed E-state index contributed by atoms with van der Waals surface area (Å²) in [5.74, 6) is -1.78. The van der Waals surface area contributed by atoms with Gasteiger partial charge in [-0.15, -0.1) is 0 Å². The number of amides is 2. The van der Waals surface area contributed by atoms with Crippen LogP contribution in [-0.2, 0) is 19.1 Å². The molecule has 0 spiro atoms. The van der Waals surface area contributed by atoms with Gasteiger partial charge in [0.05, 0.1) is 0 Å². The summed E-state index contributed by atoms with van der Waals surface area (Å²) in [6.07, 6.45) is 1.28. The molecule has 0 saturated heterocycles. The zero-order valence-corrected chi connectivity index (χ0v) is 15.1. The minimum absolute atomic E-state index is 0.0193. The lowest BCUT2D eigenvalue weighted by atomic mass is 10.2. The second-order valence-corrected chi connectivity index (χ2v) is 5.86. The Labute approximate surface area is 165 Å². The van der Waals surface area contributed by atoms with Crippen LogP contribution in [0.4, 0.5) is 4.39 Å². The first-order chi connectivity index (χ1) is 14.0. The highest BCUT2D eigenvalue weighted by Crippen LogP contribution is 2.30. The Morgan fingerprint density at radius 3 is 2.59 bits per heavy atom. The molecule has 0 unspecified atom stereocenters. The van der Waals surface area contributed by atoms with Crippen LogP contribution >= 0.6 is 0 Å². The van der Waals surface area contributed by atoms with Crippen LogP contribution in [0.1, 0.15) is 5.56 Å². The fourth-order valence-electron chi connectivity index (χ4n) is 2.35. The standard InChI is InChI=1S/C20H17FN2O6/c21-14-6-2-1-5-13(14)9-10-19(25)28-12-18(24)22-23-20(26)17-11-27-15-7-3-4-8-16(15)29-17/h1-10,17H,11-12H2,(H,22,24)(H,23,26)/b10-9+/t17-/m0/s1. The Bertz CT molecular complexity index is 946. The quantitative estimate of drug-likeness (QED) is 0.447.